The summed E-state index contributed by atoms with van der Waals surface area (Å²) < 4.78 is 1.53. The summed E-state index contributed by atoms with van der Waals surface area (Å²) >= 11 is 5.96. The lowest BCUT2D eigenvalue weighted by atomic mass is 10.0. The summed E-state index contributed by atoms with van der Waals surface area (Å²) in [4.78, 5) is 13.3. The molecule has 6 heteroatoms. The summed E-state index contributed by atoms with van der Waals surface area (Å²) in [5, 5.41) is 8.39. The molecule has 1 aromatic heterocycles. The van der Waals surface area contributed by atoms with E-state index in [-0.39, 0.29) is 5.56 Å². The van der Waals surface area contributed by atoms with Gasteiger partial charge in [0.1, 0.15) is 5.71 Å². The number of anilines is 1. The Morgan fingerprint density at radius 3 is 2.21 bits per heavy atom. The van der Waals surface area contributed by atoms with E-state index in [0.29, 0.717) is 16.3 Å². The van der Waals surface area contributed by atoms with Gasteiger partial charge in [-0.3, -0.25) is 15.3 Å². The maximum absolute atomic E-state index is 13.3. The molecule has 0 amide bonds. The van der Waals surface area contributed by atoms with Crippen molar-refractivity contribution in [3.8, 4) is 5.69 Å². The number of para-hydroxylation sites is 1. The lowest BCUT2D eigenvalue weighted by molar-refractivity contribution is 0.835. The van der Waals surface area contributed by atoms with Crippen molar-refractivity contribution in [1.82, 2.24) is 9.78 Å². The molecule has 0 aliphatic carbocycles. The Kier molecular flexibility index (Phi) is 5.31. The van der Waals surface area contributed by atoms with Crippen LogP contribution in [0.15, 0.2) is 94.8 Å². The number of aromatic amines is 1. The molecule has 0 unspecified atom stereocenters. The maximum atomic E-state index is 13.3. The molecule has 0 aliphatic heterocycles. The standard InChI is InChI=1S/C23H19ClN4O/c1-16-21(23(29)28(27-16)20-10-6-3-7-11-20)22(17-8-4-2-5-9-17)26-25-19-14-12-18(24)13-15-19/h2-15,25,27H,1H3. The predicted octanol–water partition coefficient (Wildman–Crippen LogP) is 4.99. The first-order valence-electron chi connectivity index (χ1n) is 9.15. The molecule has 4 aromatic rings. The van der Waals surface area contributed by atoms with Gasteiger partial charge in [-0.05, 0) is 43.3 Å². The summed E-state index contributed by atoms with van der Waals surface area (Å²) in [7, 11) is 0. The SMILES string of the molecule is Cc1[nH]n(-c2ccccc2)c(=O)c1C(=NNc1ccc(Cl)cc1)c1ccccc1. The summed E-state index contributed by atoms with van der Waals surface area (Å²) in [6.45, 7) is 1.87. The number of aryl methyl sites for hydroxylation is 1. The highest BCUT2D eigenvalue weighted by Gasteiger charge is 2.19. The van der Waals surface area contributed by atoms with E-state index in [9.17, 15) is 4.79 Å². The van der Waals surface area contributed by atoms with Crippen molar-refractivity contribution in [3.63, 3.8) is 0 Å². The lowest BCUT2D eigenvalue weighted by Crippen LogP contribution is -2.22. The van der Waals surface area contributed by atoms with Crippen LogP contribution in [-0.2, 0) is 0 Å². The third kappa shape index (κ3) is 4.00. The van der Waals surface area contributed by atoms with Crippen LogP contribution in [0, 0.1) is 6.92 Å². The Morgan fingerprint density at radius 2 is 1.55 bits per heavy atom. The van der Waals surface area contributed by atoms with Crippen molar-refractivity contribution >= 4 is 23.0 Å². The lowest BCUT2D eigenvalue weighted by Gasteiger charge is -2.07. The number of hydrogen-bond acceptors (Lipinski definition) is 3. The number of H-pyrrole nitrogens is 1. The second-order valence-corrected chi connectivity index (χ2v) is 6.97. The van der Waals surface area contributed by atoms with Crippen molar-refractivity contribution in [1.29, 1.82) is 0 Å². The van der Waals surface area contributed by atoms with Gasteiger partial charge in [0, 0.05) is 16.3 Å². The molecular formula is C23H19ClN4O. The van der Waals surface area contributed by atoms with Crippen molar-refractivity contribution in [2.24, 2.45) is 5.10 Å². The van der Waals surface area contributed by atoms with Crippen molar-refractivity contribution in [3.05, 3.63) is 117 Å². The number of nitrogens with zero attached hydrogens (tertiary/aromatic N) is 2. The molecule has 0 fully saturated rings. The molecule has 0 bridgehead atoms. The molecule has 0 atom stereocenters. The van der Waals surface area contributed by atoms with E-state index < -0.39 is 0 Å². The third-order valence-corrected chi connectivity index (χ3v) is 4.76. The fourth-order valence-electron chi connectivity index (χ4n) is 3.09. The monoisotopic (exact) mass is 402 g/mol. The van der Waals surface area contributed by atoms with Gasteiger partial charge in [0.05, 0.1) is 16.9 Å². The Bertz CT molecular complexity index is 1190. The van der Waals surface area contributed by atoms with Crippen LogP contribution in [-0.4, -0.2) is 15.5 Å². The molecule has 0 radical (unpaired) electrons. The highest BCUT2D eigenvalue weighted by Crippen LogP contribution is 2.16. The van der Waals surface area contributed by atoms with Crippen LogP contribution in [0.1, 0.15) is 16.8 Å². The Morgan fingerprint density at radius 1 is 0.931 bits per heavy atom. The molecule has 0 saturated heterocycles. The fraction of sp³-hybridized carbons (Fsp3) is 0.0435. The largest absolute Gasteiger partial charge is 0.295 e. The smallest absolute Gasteiger partial charge is 0.281 e. The first kappa shape index (κ1) is 18.8. The summed E-state index contributed by atoms with van der Waals surface area (Å²) in [5.74, 6) is 0. The minimum atomic E-state index is -0.158. The van der Waals surface area contributed by atoms with Crippen LogP contribution in [0.5, 0.6) is 0 Å². The van der Waals surface area contributed by atoms with E-state index in [1.165, 1.54) is 4.68 Å². The predicted molar refractivity (Wildman–Crippen MR) is 118 cm³/mol. The molecule has 144 valence electrons. The average molecular weight is 403 g/mol. The molecule has 3 aromatic carbocycles. The molecule has 29 heavy (non-hydrogen) atoms. The van der Waals surface area contributed by atoms with E-state index in [1.807, 2.05) is 79.7 Å². The minimum absolute atomic E-state index is 0.158. The first-order valence-corrected chi connectivity index (χ1v) is 9.53. The van der Waals surface area contributed by atoms with Crippen LogP contribution in [0.3, 0.4) is 0 Å². The van der Waals surface area contributed by atoms with Crippen molar-refractivity contribution in [2.75, 3.05) is 5.43 Å². The Hall–Kier alpha value is -3.57. The Balaban J connectivity index is 1.82. The van der Waals surface area contributed by atoms with Gasteiger partial charge in [-0.25, -0.2) is 4.68 Å². The number of nitrogens with one attached hydrogen (secondary N) is 2. The highest BCUT2D eigenvalue weighted by atomic mass is 35.5. The molecule has 0 aliphatic rings. The third-order valence-electron chi connectivity index (χ3n) is 4.51. The van der Waals surface area contributed by atoms with E-state index in [4.69, 9.17) is 11.6 Å². The number of halogens is 1. The van der Waals surface area contributed by atoms with E-state index in [0.717, 1.165) is 22.6 Å². The van der Waals surface area contributed by atoms with Gasteiger partial charge in [0.15, 0.2) is 0 Å². The van der Waals surface area contributed by atoms with Gasteiger partial charge in [-0.15, -0.1) is 0 Å². The maximum Gasteiger partial charge on any atom is 0.281 e. The van der Waals surface area contributed by atoms with E-state index in [1.54, 1.807) is 12.1 Å². The number of benzene rings is 3. The van der Waals surface area contributed by atoms with Gasteiger partial charge >= 0.3 is 0 Å². The first-order chi connectivity index (χ1) is 14.1. The van der Waals surface area contributed by atoms with E-state index >= 15 is 0 Å². The number of hydrogen-bond donors (Lipinski definition) is 2. The summed E-state index contributed by atoms with van der Waals surface area (Å²) in [6, 6.07) is 26.3. The van der Waals surface area contributed by atoms with Crippen LogP contribution < -0.4 is 11.0 Å². The van der Waals surface area contributed by atoms with Crippen LogP contribution in [0.25, 0.3) is 5.69 Å². The topological polar surface area (TPSA) is 62.2 Å². The molecule has 5 nitrogen and oxygen atoms in total. The molecule has 2 N–H and O–H groups in total. The molecule has 1 heterocycles. The number of hydrazone groups is 1. The normalized spacial score (nSPS) is 11.4. The quantitative estimate of drug-likeness (QED) is 0.365. The van der Waals surface area contributed by atoms with Crippen LogP contribution >= 0.6 is 11.6 Å². The average Bonchev–Trinajstić information content (AvgIpc) is 3.05. The summed E-state index contributed by atoms with van der Waals surface area (Å²) in [6.07, 6.45) is 0. The molecule has 0 saturated carbocycles. The second kappa shape index (κ2) is 8.20. The Labute approximate surface area is 173 Å². The zero-order chi connectivity index (χ0) is 20.2. The fourth-order valence-corrected chi connectivity index (χ4v) is 3.22. The second-order valence-electron chi connectivity index (χ2n) is 6.53. The molecular weight excluding hydrogens is 384 g/mol. The van der Waals surface area contributed by atoms with Gasteiger partial charge < -0.3 is 0 Å². The number of aromatic nitrogens is 2. The van der Waals surface area contributed by atoms with Crippen molar-refractivity contribution in [2.45, 2.75) is 6.92 Å². The van der Waals surface area contributed by atoms with Crippen LogP contribution in [0.2, 0.25) is 5.02 Å². The summed E-state index contributed by atoms with van der Waals surface area (Å²) in [5.41, 5.74) is 7.08. The van der Waals surface area contributed by atoms with Gasteiger partial charge in [-0.1, -0.05) is 60.1 Å². The molecule has 4 rings (SSSR count). The van der Waals surface area contributed by atoms with Gasteiger partial charge in [0.25, 0.3) is 5.56 Å². The van der Waals surface area contributed by atoms with Gasteiger partial charge in [0.2, 0.25) is 0 Å². The molecule has 0 spiro atoms. The minimum Gasteiger partial charge on any atom is -0.295 e. The van der Waals surface area contributed by atoms with Crippen LogP contribution in [0.4, 0.5) is 5.69 Å². The highest BCUT2D eigenvalue weighted by molar-refractivity contribution is 6.30. The zero-order valence-electron chi connectivity index (χ0n) is 15.8. The van der Waals surface area contributed by atoms with E-state index in [2.05, 4.69) is 15.6 Å². The van der Waals surface area contributed by atoms with Crippen molar-refractivity contribution < 1.29 is 0 Å². The zero-order valence-corrected chi connectivity index (χ0v) is 16.5. The number of rotatable bonds is 5. The van der Waals surface area contributed by atoms with Gasteiger partial charge in [-0.2, -0.15) is 5.10 Å².